The van der Waals surface area contributed by atoms with Crippen molar-refractivity contribution in [2.45, 2.75) is 27.3 Å². The zero-order valence-electron chi connectivity index (χ0n) is 15.9. The Kier molecular flexibility index (Phi) is 6.04. The molecule has 138 valence electrons. The van der Waals surface area contributed by atoms with Crippen LogP contribution in [0.25, 0.3) is 0 Å². The summed E-state index contributed by atoms with van der Waals surface area (Å²) in [6.07, 6.45) is 3.83. The first kappa shape index (κ1) is 18.9. The molecule has 5 heteroatoms. The van der Waals surface area contributed by atoms with Gasteiger partial charge in [0, 0.05) is 18.4 Å². The van der Waals surface area contributed by atoms with Crippen molar-refractivity contribution in [3.63, 3.8) is 0 Å². The Morgan fingerprint density at radius 2 is 1.89 bits per heavy atom. The van der Waals surface area contributed by atoms with Gasteiger partial charge in [-0.15, -0.1) is 0 Å². The van der Waals surface area contributed by atoms with E-state index in [1.54, 1.807) is 6.21 Å². The number of nitrogens with zero attached hydrogens (tertiary/aromatic N) is 2. The molecule has 2 aromatic carbocycles. The first-order valence-corrected chi connectivity index (χ1v) is 9.30. The lowest BCUT2D eigenvalue weighted by atomic mass is 10.1. The molecule has 1 aromatic heterocycles. The first-order valence-electron chi connectivity index (χ1n) is 8.89. The second-order valence-electron chi connectivity index (χ2n) is 6.67. The number of hydrogen-bond acceptors (Lipinski definition) is 2. The van der Waals surface area contributed by atoms with E-state index in [1.165, 1.54) is 22.3 Å². The highest BCUT2D eigenvalue weighted by Gasteiger charge is 2.01. The Bertz CT molecular complexity index is 972. The largest absolute Gasteiger partial charge is 0.342 e. The van der Waals surface area contributed by atoms with Crippen molar-refractivity contribution in [1.29, 1.82) is 0 Å². The molecule has 1 heterocycles. The van der Waals surface area contributed by atoms with Crippen LogP contribution in [0.2, 0.25) is 0 Å². The number of aryl methyl sites for hydroxylation is 3. The number of nitrogens with one attached hydrogen (secondary N) is 2. The number of hydrogen-bond donors (Lipinski definition) is 2. The van der Waals surface area contributed by atoms with Crippen LogP contribution in [0.5, 0.6) is 0 Å². The number of thiocarbonyl (C=S) groups is 1. The molecule has 0 amide bonds. The zero-order chi connectivity index (χ0) is 19.2. The molecule has 0 atom stereocenters. The minimum atomic E-state index is 0.464. The summed E-state index contributed by atoms with van der Waals surface area (Å²) in [5.74, 6) is 0. The van der Waals surface area contributed by atoms with E-state index in [2.05, 4.69) is 83.8 Å². The molecule has 27 heavy (non-hydrogen) atoms. The van der Waals surface area contributed by atoms with Gasteiger partial charge in [0.15, 0.2) is 5.11 Å². The number of hydrazone groups is 1. The maximum Gasteiger partial charge on any atom is 0.191 e. The summed E-state index contributed by atoms with van der Waals surface area (Å²) in [4.78, 5) is 0. The van der Waals surface area contributed by atoms with E-state index in [0.717, 1.165) is 17.9 Å². The zero-order valence-corrected chi connectivity index (χ0v) is 16.7. The van der Waals surface area contributed by atoms with E-state index in [9.17, 15) is 0 Å². The van der Waals surface area contributed by atoms with Gasteiger partial charge in [0.2, 0.25) is 0 Å². The van der Waals surface area contributed by atoms with E-state index in [4.69, 9.17) is 12.2 Å². The minimum absolute atomic E-state index is 0.464. The Hall–Kier alpha value is -2.92. The normalized spacial score (nSPS) is 10.9. The predicted octanol–water partition coefficient (Wildman–Crippen LogP) is 4.78. The molecule has 0 aliphatic rings. The van der Waals surface area contributed by atoms with Crippen LogP contribution in [0.15, 0.2) is 65.9 Å². The highest BCUT2D eigenvalue weighted by molar-refractivity contribution is 7.80. The van der Waals surface area contributed by atoms with E-state index < -0.39 is 0 Å². The third kappa shape index (κ3) is 5.28. The molecule has 0 spiro atoms. The predicted molar refractivity (Wildman–Crippen MR) is 118 cm³/mol. The summed E-state index contributed by atoms with van der Waals surface area (Å²) in [7, 11) is 0. The third-order valence-electron chi connectivity index (χ3n) is 4.43. The maximum atomic E-state index is 5.32. The van der Waals surface area contributed by atoms with Gasteiger partial charge < -0.3 is 9.88 Å². The molecule has 0 unspecified atom stereocenters. The van der Waals surface area contributed by atoms with Crippen LogP contribution in [0.1, 0.15) is 27.9 Å². The van der Waals surface area contributed by atoms with Gasteiger partial charge in [-0.25, -0.2) is 0 Å². The summed E-state index contributed by atoms with van der Waals surface area (Å²) < 4.78 is 2.15. The van der Waals surface area contributed by atoms with Crippen molar-refractivity contribution >= 4 is 29.2 Å². The standard InChI is InChI=1S/C22H24N4S/c1-16-6-4-7-19(12-16)15-26-11-5-8-21(26)14-23-25-22(27)24-20-10-9-17(2)18(3)13-20/h4-14H,15H2,1-3H3,(H2,24,25,27)/b23-14-. The van der Waals surface area contributed by atoms with Crippen LogP contribution in [0.3, 0.4) is 0 Å². The van der Waals surface area contributed by atoms with Gasteiger partial charge in [-0.05, 0) is 73.9 Å². The minimum Gasteiger partial charge on any atom is -0.342 e. The van der Waals surface area contributed by atoms with Gasteiger partial charge in [0.1, 0.15) is 0 Å². The van der Waals surface area contributed by atoms with Crippen molar-refractivity contribution in [2.24, 2.45) is 5.10 Å². The Labute approximate surface area is 165 Å². The van der Waals surface area contributed by atoms with Gasteiger partial charge in [0.25, 0.3) is 0 Å². The van der Waals surface area contributed by atoms with Gasteiger partial charge in [0.05, 0.1) is 11.9 Å². The average molecular weight is 377 g/mol. The highest BCUT2D eigenvalue weighted by Crippen LogP contribution is 2.14. The van der Waals surface area contributed by atoms with Crippen molar-refractivity contribution in [3.05, 3.63) is 88.7 Å². The first-order chi connectivity index (χ1) is 13.0. The van der Waals surface area contributed by atoms with E-state index in [1.807, 2.05) is 18.2 Å². The molecule has 0 saturated heterocycles. The molecule has 0 saturated carbocycles. The molecule has 0 bridgehead atoms. The molecule has 0 aliphatic heterocycles. The molecule has 3 aromatic rings. The smallest absolute Gasteiger partial charge is 0.191 e. The Balaban J connectivity index is 1.59. The van der Waals surface area contributed by atoms with Crippen molar-refractivity contribution in [3.8, 4) is 0 Å². The molecule has 0 aliphatic carbocycles. The number of aromatic nitrogens is 1. The van der Waals surface area contributed by atoms with Gasteiger partial charge in [-0.2, -0.15) is 5.10 Å². The van der Waals surface area contributed by atoms with Crippen LogP contribution in [-0.2, 0) is 6.54 Å². The summed E-state index contributed by atoms with van der Waals surface area (Å²) in [6.45, 7) is 7.08. The van der Waals surface area contributed by atoms with Crippen molar-refractivity contribution < 1.29 is 0 Å². The summed E-state index contributed by atoms with van der Waals surface area (Å²) in [6, 6.07) is 18.7. The molecule has 0 radical (unpaired) electrons. The molecule has 4 nitrogen and oxygen atoms in total. The Morgan fingerprint density at radius 3 is 2.67 bits per heavy atom. The summed E-state index contributed by atoms with van der Waals surface area (Å²) >= 11 is 5.32. The quantitative estimate of drug-likeness (QED) is 0.382. The second kappa shape index (κ2) is 8.64. The maximum absolute atomic E-state index is 5.32. The lowest BCUT2D eigenvalue weighted by Gasteiger charge is -2.09. The van der Waals surface area contributed by atoms with E-state index >= 15 is 0 Å². The van der Waals surface area contributed by atoms with E-state index in [-0.39, 0.29) is 0 Å². The molecular weight excluding hydrogens is 352 g/mol. The average Bonchev–Trinajstić information content (AvgIpc) is 3.05. The topological polar surface area (TPSA) is 41.4 Å². The molecule has 3 rings (SSSR count). The molecule has 0 fully saturated rings. The van der Waals surface area contributed by atoms with Gasteiger partial charge >= 0.3 is 0 Å². The number of anilines is 1. The van der Waals surface area contributed by atoms with Crippen LogP contribution >= 0.6 is 12.2 Å². The fourth-order valence-corrected chi connectivity index (χ4v) is 3.00. The Morgan fingerprint density at radius 1 is 1.04 bits per heavy atom. The summed E-state index contributed by atoms with van der Waals surface area (Å²) in [5.41, 5.74) is 9.85. The van der Waals surface area contributed by atoms with Crippen molar-refractivity contribution in [1.82, 2.24) is 9.99 Å². The van der Waals surface area contributed by atoms with Crippen LogP contribution in [-0.4, -0.2) is 15.9 Å². The van der Waals surface area contributed by atoms with Crippen LogP contribution < -0.4 is 10.7 Å². The van der Waals surface area contributed by atoms with Gasteiger partial charge in [-0.3, -0.25) is 5.43 Å². The van der Waals surface area contributed by atoms with Gasteiger partial charge in [-0.1, -0.05) is 35.9 Å². The second-order valence-corrected chi connectivity index (χ2v) is 7.08. The fourth-order valence-electron chi connectivity index (χ4n) is 2.83. The van der Waals surface area contributed by atoms with Crippen LogP contribution in [0, 0.1) is 20.8 Å². The third-order valence-corrected chi connectivity index (χ3v) is 4.62. The monoisotopic (exact) mass is 376 g/mol. The molecular formula is C22H24N4S. The van der Waals surface area contributed by atoms with Crippen LogP contribution in [0.4, 0.5) is 5.69 Å². The lowest BCUT2D eigenvalue weighted by molar-refractivity contribution is 0.798. The molecule has 2 N–H and O–H groups in total. The SMILES string of the molecule is Cc1cccc(Cn2cccc2/C=N\NC(=S)Nc2ccc(C)c(C)c2)c1. The fraction of sp³-hybridized carbons (Fsp3) is 0.182. The van der Waals surface area contributed by atoms with Crippen molar-refractivity contribution in [2.75, 3.05) is 5.32 Å². The summed E-state index contributed by atoms with van der Waals surface area (Å²) in [5, 5.41) is 7.88. The lowest BCUT2D eigenvalue weighted by Crippen LogP contribution is -2.24. The number of rotatable bonds is 5. The highest BCUT2D eigenvalue weighted by atomic mass is 32.1. The number of benzene rings is 2. The van der Waals surface area contributed by atoms with E-state index in [0.29, 0.717) is 5.11 Å².